The molecule has 1 unspecified atom stereocenters. The molecule has 0 amide bonds. The number of hydrogen-bond donors (Lipinski definition) is 0. The zero-order chi connectivity index (χ0) is 12.3. The molecule has 17 heavy (non-hydrogen) atoms. The van der Waals surface area contributed by atoms with Crippen molar-refractivity contribution in [3.63, 3.8) is 0 Å². The lowest BCUT2D eigenvalue weighted by Crippen LogP contribution is -2.28. The van der Waals surface area contributed by atoms with E-state index >= 15 is 0 Å². The number of hydrogen-bond acceptors (Lipinski definition) is 2. The first kappa shape index (κ1) is 12.8. The standard InChI is InChI=1S/C14H17BrO2/c1-2-17-14(10-7-8-10)13(16)9-11-5-3-4-6-12(11)15/h3-6,10,14H,2,7-9H2,1H3. The summed E-state index contributed by atoms with van der Waals surface area (Å²) in [6.45, 7) is 2.56. The maximum absolute atomic E-state index is 12.2. The molecule has 1 aromatic rings. The summed E-state index contributed by atoms with van der Waals surface area (Å²) >= 11 is 3.47. The van der Waals surface area contributed by atoms with Crippen molar-refractivity contribution in [1.29, 1.82) is 0 Å². The molecule has 1 atom stereocenters. The fraction of sp³-hybridized carbons (Fsp3) is 0.500. The minimum atomic E-state index is -0.188. The maximum Gasteiger partial charge on any atom is 0.166 e. The number of Topliss-reactive ketones (excluding diaryl/α,β-unsaturated/α-hetero) is 1. The highest BCUT2D eigenvalue weighted by molar-refractivity contribution is 9.10. The number of ketones is 1. The largest absolute Gasteiger partial charge is 0.370 e. The summed E-state index contributed by atoms with van der Waals surface area (Å²) in [4.78, 5) is 12.2. The number of carbonyl (C=O) groups excluding carboxylic acids is 1. The smallest absolute Gasteiger partial charge is 0.166 e. The predicted molar refractivity (Wildman–Crippen MR) is 71.0 cm³/mol. The van der Waals surface area contributed by atoms with Crippen molar-refractivity contribution >= 4 is 21.7 Å². The van der Waals surface area contributed by atoms with Crippen LogP contribution in [0.15, 0.2) is 28.7 Å². The van der Waals surface area contributed by atoms with E-state index < -0.39 is 0 Å². The molecule has 1 fully saturated rings. The molecule has 1 saturated carbocycles. The van der Waals surface area contributed by atoms with E-state index in [9.17, 15) is 4.79 Å². The Labute approximate surface area is 110 Å². The molecule has 1 aromatic carbocycles. The van der Waals surface area contributed by atoms with Gasteiger partial charge >= 0.3 is 0 Å². The fourth-order valence-corrected chi connectivity index (χ4v) is 2.43. The van der Waals surface area contributed by atoms with Gasteiger partial charge in [-0.1, -0.05) is 34.1 Å². The van der Waals surface area contributed by atoms with Crippen LogP contribution in [0.25, 0.3) is 0 Å². The van der Waals surface area contributed by atoms with Crippen LogP contribution in [0.3, 0.4) is 0 Å². The molecule has 92 valence electrons. The van der Waals surface area contributed by atoms with Gasteiger partial charge < -0.3 is 4.74 Å². The van der Waals surface area contributed by atoms with E-state index in [2.05, 4.69) is 15.9 Å². The molecule has 0 radical (unpaired) electrons. The zero-order valence-electron chi connectivity index (χ0n) is 9.99. The van der Waals surface area contributed by atoms with E-state index in [1.54, 1.807) is 0 Å². The summed E-state index contributed by atoms with van der Waals surface area (Å²) in [6.07, 6.45) is 2.54. The topological polar surface area (TPSA) is 26.3 Å². The van der Waals surface area contributed by atoms with E-state index in [0.717, 1.165) is 22.9 Å². The number of ether oxygens (including phenoxy) is 1. The summed E-state index contributed by atoms with van der Waals surface area (Å²) in [5, 5.41) is 0. The van der Waals surface area contributed by atoms with Crippen LogP contribution in [0, 0.1) is 5.92 Å². The highest BCUT2D eigenvalue weighted by Gasteiger charge is 2.36. The van der Waals surface area contributed by atoms with Crippen molar-refractivity contribution in [2.24, 2.45) is 5.92 Å². The van der Waals surface area contributed by atoms with E-state index in [0.29, 0.717) is 18.9 Å². The van der Waals surface area contributed by atoms with Crippen LogP contribution in [-0.4, -0.2) is 18.5 Å². The molecule has 0 N–H and O–H groups in total. The van der Waals surface area contributed by atoms with Gasteiger partial charge in [-0.3, -0.25) is 4.79 Å². The molecular formula is C14H17BrO2. The highest BCUT2D eigenvalue weighted by atomic mass is 79.9. The molecule has 0 spiro atoms. The number of benzene rings is 1. The van der Waals surface area contributed by atoms with Crippen molar-refractivity contribution in [3.8, 4) is 0 Å². The van der Waals surface area contributed by atoms with Crippen molar-refractivity contribution < 1.29 is 9.53 Å². The first-order valence-corrected chi connectivity index (χ1v) is 6.89. The summed E-state index contributed by atoms with van der Waals surface area (Å²) in [7, 11) is 0. The Hall–Kier alpha value is -0.670. The lowest BCUT2D eigenvalue weighted by Gasteiger charge is -2.15. The second-order valence-electron chi connectivity index (χ2n) is 4.45. The van der Waals surface area contributed by atoms with Crippen molar-refractivity contribution in [2.45, 2.75) is 32.3 Å². The molecule has 2 nitrogen and oxygen atoms in total. The minimum absolute atomic E-state index is 0.188. The van der Waals surface area contributed by atoms with E-state index in [1.807, 2.05) is 31.2 Å². The molecule has 2 rings (SSSR count). The van der Waals surface area contributed by atoms with Crippen LogP contribution in [0.1, 0.15) is 25.3 Å². The van der Waals surface area contributed by atoms with Crippen molar-refractivity contribution in [1.82, 2.24) is 0 Å². The molecule has 0 bridgehead atoms. The van der Waals surface area contributed by atoms with Gasteiger partial charge in [-0.05, 0) is 37.3 Å². The molecule has 0 heterocycles. The number of rotatable bonds is 6. The van der Waals surface area contributed by atoms with E-state index in [1.165, 1.54) is 0 Å². The molecule has 0 aliphatic heterocycles. The number of halogens is 1. The molecule has 1 aliphatic rings. The quantitative estimate of drug-likeness (QED) is 0.804. The van der Waals surface area contributed by atoms with Crippen LogP contribution in [0.5, 0.6) is 0 Å². The van der Waals surface area contributed by atoms with Gasteiger partial charge in [0.25, 0.3) is 0 Å². The Kier molecular flexibility index (Phi) is 4.35. The third kappa shape index (κ3) is 3.39. The molecule has 0 saturated heterocycles. The Morgan fingerprint density at radius 1 is 1.47 bits per heavy atom. The van der Waals surface area contributed by atoms with Gasteiger partial charge in [-0.15, -0.1) is 0 Å². The lowest BCUT2D eigenvalue weighted by atomic mass is 10.0. The second kappa shape index (κ2) is 5.78. The van der Waals surface area contributed by atoms with Crippen molar-refractivity contribution in [3.05, 3.63) is 34.3 Å². The van der Waals surface area contributed by atoms with Gasteiger partial charge in [0.2, 0.25) is 0 Å². The minimum Gasteiger partial charge on any atom is -0.370 e. The Morgan fingerprint density at radius 3 is 2.76 bits per heavy atom. The predicted octanol–water partition coefficient (Wildman–Crippen LogP) is 3.38. The third-order valence-corrected chi connectivity index (χ3v) is 3.81. The first-order valence-electron chi connectivity index (χ1n) is 6.10. The normalized spacial score (nSPS) is 16.8. The Bertz CT molecular complexity index is 399. The van der Waals surface area contributed by atoms with Crippen LogP contribution >= 0.6 is 15.9 Å². The molecule has 0 aromatic heterocycles. The van der Waals surface area contributed by atoms with Gasteiger partial charge in [0, 0.05) is 17.5 Å². The van der Waals surface area contributed by atoms with Crippen LogP contribution in [0.2, 0.25) is 0 Å². The maximum atomic E-state index is 12.2. The highest BCUT2D eigenvalue weighted by Crippen LogP contribution is 2.35. The number of carbonyl (C=O) groups is 1. The summed E-state index contributed by atoms with van der Waals surface area (Å²) < 4.78 is 6.57. The van der Waals surface area contributed by atoms with Crippen molar-refractivity contribution in [2.75, 3.05) is 6.61 Å². The fourth-order valence-electron chi connectivity index (χ4n) is 2.00. The van der Waals surface area contributed by atoms with E-state index in [-0.39, 0.29) is 11.9 Å². The Morgan fingerprint density at radius 2 is 2.18 bits per heavy atom. The molecule has 3 heteroatoms. The summed E-state index contributed by atoms with van der Waals surface area (Å²) in [6, 6.07) is 7.87. The third-order valence-electron chi connectivity index (χ3n) is 3.04. The molecule has 1 aliphatic carbocycles. The average Bonchev–Trinajstić information content (AvgIpc) is 3.13. The van der Waals surface area contributed by atoms with Gasteiger partial charge in [0.05, 0.1) is 0 Å². The van der Waals surface area contributed by atoms with E-state index in [4.69, 9.17) is 4.74 Å². The van der Waals surface area contributed by atoms with Gasteiger partial charge in [0.15, 0.2) is 5.78 Å². The van der Waals surface area contributed by atoms with Gasteiger partial charge in [-0.25, -0.2) is 0 Å². The Balaban J connectivity index is 2.02. The lowest BCUT2D eigenvalue weighted by molar-refractivity contribution is -0.130. The summed E-state index contributed by atoms with van der Waals surface area (Å²) in [5.74, 6) is 0.672. The SMILES string of the molecule is CCOC(C(=O)Cc1ccccc1Br)C1CC1. The first-order chi connectivity index (χ1) is 8.22. The van der Waals surface area contributed by atoms with Crippen LogP contribution in [-0.2, 0) is 16.0 Å². The summed E-state index contributed by atoms with van der Waals surface area (Å²) in [5.41, 5.74) is 1.04. The monoisotopic (exact) mass is 296 g/mol. The van der Waals surface area contributed by atoms with Gasteiger partial charge in [-0.2, -0.15) is 0 Å². The average molecular weight is 297 g/mol. The second-order valence-corrected chi connectivity index (χ2v) is 5.30. The van der Waals surface area contributed by atoms with Crippen LogP contribution in [0.4, 0.5) is 0 Å². The van der Waals surface area contributed by atoms with Gasteiger partial charge in [0.1, 0.15) is 6.10 Å². The zero-order valence-corrected chi connectivity index (χ0v) is 11.6. The molecular weight excluding hydrogens is 280 g/mol. The van der Waals surface area contributed by atoms with Crippen LogP contribution < -0.4 is 0 Å².